The van der Waals surface area contributed by atoms with Crippen molar-refractivity contribution in [1.29, 1.82) is 0 Å². The van der Waals surface area contributed by atoms with Gasteiger partial charge in [0.05, 0.1) is 29.3 Å². The first-order valence-electron chi connectivity index (χ1n) is 38.5. The maximum absolute atomic E-state index is 5.45. The lowest BCUT2D eigenvalue weighted by Gasteiger charge is -2.27. The summed E-state index contributed by atoms with van der Waals surface area (Å²) in [5.41, 5.74) is 24.8. The number of ether oxygens (including phenoxy) is 1. The summed E-state index contributed by atoms with van der Waals surface area (Å²) in [6, 6.07) is 72.7. The number of likely N-dealkylation sites (N-methyl/N-ethyl adjacent to an activating group) is 5. The molecule has 10 aromatic rings. The maximum Gasteiger partial charge on any atom is 0.142 e. The molecule has 0 aliphatic carbocycles. The second-order valence-corrected chi connectivity index (χ2v) is 30.6. The third-order valence-electron chi connectivity index (χ3n) is 20.8. The first-order valence-corrected chi connectivity index (χ1v) is 39.5. The molecule has 1 N–H and O–H groups in total. The fourth-order valence-corrected chi connectivity index (χ4v) is 15.8. The summed E-state index contributed by atoms with van der Waals surface area (Å²) < 4.78 is 5.45. The molecule has 0 radical (unpaired) electrons. The van der Waals surface area contributed by atoms with E-state index >= 15 is 0 Å². The van der Waals surface area contributed by atoms with Crippen LogP contribution in [0.15, 0.2) is 236 Å². The highest BCUT2D eigenvalue weighted by molar-refractivity contribution is 7.99. The molecule has 1 unspecified atom stereocenters. The fraction of sp³-hybridized carbons (Fsp3) is 0.359. The smallest absolute Gasteiger partial charge is 0.142 e. The largest absolute Gasteiger partial charge is 0.490 e. The van der Waals surface area contributed by atoms with E-state index < -0.39 is 0 Å². The number of thioether (sulfide) groups is 1. The molecule has 15 heteroatoms. The zero-order valence-corrected chi connectivity index (χ0v) is 66.1. The topological polar surface area (TPSA) is 89.1 Å². The summed E-state index contributed by atoms with van der Waals surface area (Å²) in [5, 5.41) is 3.46. The van der Waals surface area contributed by atoms with Crippen molar-refractivity contribution in [1.82, 2.24) is 34.6 Å². The molecule has 107 heavy (non-hydrogen) atoms. The van der Waals surface area contributed by atoms with Crippen LogP contribution in [0.3, 0.4) is 0 Å². The predicted molar refractivity (Wildman–Crippen MR) is 453 cm³/mol. The second-order valence-electron chi connectivity index (χ2n) is 29.4. The highest BCUT2D eigenvalue weighted by Gasteiger charge is 2.20. The number of fused-ring (bicyclic) bond motifs is 10. The third kappa shape index (κ3) is 23.3. The molecule has 13 heterocycles. The van der Waals surface area contributed by atoms with Crippen LogP contribution in [0.4, 0.5) is 34.1 Å². The van der Waals surface area contributed by atoms with Gasteiger partial charge in [-0.25, -0.2) is 0 Å². The van der Waals surface area contributed by atoms with Gasteiger partial charge in [0, 0.05) is 184 Å². The van der Waals surface area contributed by atoms with Gasteiger partial charge in [-0.05, 0) is 190 Å². The van der Waals surface area contributed by atoms with Crippen molar-refractivity contribution >= 4 is 52.0 Å². The first kappa shape index (κ1) is 78.6. The number of anilines is 6. The lowest BCUT2D eigenvalue weighted by atomic mass is 9.99. The number of pyridine rings is 3. The van der Waals surface area contributed by atoms with Crippen molar-refractivity contribution in [2.24, 2.45) is 0 Å². The molecule has 3 aromatic heterocycles. The fourth-order valence-electron chi connectivity index (χ4n) is 14.7. The van der Waals surface area contributed by atoms with Crippen LogP contribution >= 0.6 is 11.8 Å². The summed E-state index contributed by atoms with van der Waals surface area (Å²) in [5.74, 6) is 2.22. The monoisotopic (exact) mass is 1450 g/mol. The van der Waals surface area contributed by atoms with Crippen molar-refractivity contribution in [3.8, 4) is 5.75 Å². The zero-order chi connectivity index (χ0) is 74.7. The number of rotatable bonds is 0. The summed E-state index contributed by atoms with van der Waals surface area (Å²) in [7, 11) is 19.2. The minimum atomic E-state index is 0.643. The van der Waals surface area contributed by atoms with Gasteiger partial charge >= 0.3 is 0 Å². The van der Waals surface area contributed by atoms with Crippen molar-refractivity contribution in [3.05, 3.63) is 298 Å². The molecule has 14 nitrogen and oxygen atoms in total. The van der Waals surface area contributed by atoms with Gasteiger partial charge in [0.15, 0.2) is 0 Å². The van der Waals surface area contributed by atoms with E-state index in [0.29, 0.717) is 6.04 Å². The summed E-state index contributed by atoms with van der Waals surface area (Å²) >= 11 is 1.95. The van der Waals surface area contributed by atoms with Crippen molar-refractivity contribution < 1.29 is 4.74 Å². The second kappa shape index (κ2) is 40.5. The van der Waals surface area contributed by atoms with Gasteiger partial charge in [0.1, 0.15) is 12.4 Å². The molecule has 560 valence electrons. The Labute approximate surface area is 644 Å². The average Bonchev–Trinajstić information content (AvgIpc) is 1.65. The van der Waals surface area contributed by atoms with Gasteiger partial charge in [-0.2, -0.15) is 0 Å². The van der Waals surface area contributed by atoms with E-state index in [9.17, 15) is 0 Å². The molecule has 20 rings (SSSR count). The molecule has 0 saturated heterocycles. The lowest BCUT2D eigenvalue weighted by Crippen LogP contribution is -2.28. The lowest BCUT2D eigenvalue weighted by molar-refractivity contribution is 0.307. The van der Waals surface area contributed by atoms with Gasteiger partial charge in [-0.3, -0.25) is 24.8 Å². The first-order chi connectivity index (χ1) is 52.2. The van der Waals surface area contributed by atoms with Crippen LogP contribution in [0.1, 0.15) is 86.9 Å². The molecule has 10 aliphatic rings. The Morgan fingerprint density at radius 1 is 0.364 bits per heavy atom. The minimum absolute atomic E-state index is 0.643. The summed E-state index contributed by atoms with van der Waals surface area (Å²) in [6.45, 7) is 17.3. The van der Waals surface area contributed by atoms with E-state index in [2.05, 4.69) is 317 Å². The zero-order valence-electron chi connectivity index (χ0n) is 65.3. The van der Waals surface area contributed by atoms with Crippen LogP contribution in [0, 0.1) is 0 Å². The van der Waals surface area contributed by atoms with E-state index in [1.807, 2.05) is 66.8 Å². The van der Waals surface area contributed by atoms with Gasteiger partial charge in [-0.1, -0.05) is 152 Å². The molecule has 0 fully saturated rings. The Hall–Kier alpha value is -9.48. The van der Waals surface area contributed by atoms with Crippen molar-refractivity contribution in [2.75, 3.05) is 151 Å². The molecule has 0 bridgehead atoms. The Morgan fingerprint density at radius 2 is 0.841 bits per heavy atom. The molecule has 0 saturated carbocycles. The van der Waals surface area contributed by atoms with Crippen LogP contribution in [-0.2, 0) is 71.4 Å². The van der Waals surface area contributed by atoms with Crippen LogP contribution in [0.2, 0.25) is 0 Å². The highest BCUT2D eigenvalue weighted by Crippen LogP contribution is 2.34. The number of nitrogens with one attached hydrogen (secondary N) is 1. The predicted octanol–water partition coefficient (Wildman–Crippen LogP) is 16.9. The molecule has 1 atom stereocenters. The normalized spacial score (nSPS) is 17.1. The summed E-state index contributed by atoms with van der Waals surface area (Å²) in [4.78, 5) is 34.9. The van der Waals surface area contributed by atoms with E-state index in [1.165, 1.54) is 170 Å². The number of para-hydroxylation sites is 7. The van der Waals surface area contributed by atoms with Crippen LogP contribution in [0.5, 0.6) is 5.75 Å². The SMILES string of the molecule is CC1CCc2ccccc2N1.CN1CC=Cc2ccccc21.CN1CCCc2ccccc21.CN1CCOc2ccccc21.CN1CCSc2ccccc21.CN1CCc2ccccc21.CN1CCc2cccnc2C1.CN1CCc2ncccc2C1.CN1Cc2ccccc2C1.CN1Cc2cccnc2C1. The van der Waals surface area contributed by atoms with E-state index in [0.717, 1.165) is 84.1 Å². The maximum atomic E-state index is 5.45. The Morgan fingerprint density at radius 3 is 1.51 bits per heavy atom. The Kier molecular flexibility index (Phi) is 29.7. The minimum Gasteiger partial charge on any atom is -0.490 e. The molecular weight excluding hydrogens is 1340 g/mol. The van der Waals surface area contributed by atoms with E-state index in [4.69, 9.17) is 4.74 Å². The highest BCUT2D eigenvalue weighted by atomic mass is 32.2. The number of hydrogen-bond donors (Lipinski definition) is 1. The molecule has 7 aromatic carbocycles. The van der Waals surface area contributed by atoms with Gasteiger partial charge in [-0.15, -0.1) is 11.8 Å². The third-order valence-corrected chi connectivity index (χ3v) is 21.9. The Balaban J connectivity index is 0.000000118. The quantitative estimate of drug-likeness (QED) is 0.156. The van der Waals surface area contributed by atoms with Gasteiger partial charge < -0.3 is 44.4 Å². The Bertz CT molecular complexity index is 4050. The molecule has 10 aliphatic heterocycles. The van der Waals surface area contributed by atoms with Crippen molar-refractivity contribution in [2.45, 2.75) is 102 Å². The van der Waals surface area contributed by atoms with E-state index in [1.54, 1.807) is 0 Å². The van der Waals surface area contributed by atoms with Crippen LogP contribution in [-0.4, -0.2) is 162 Å². The number of benzene rings is 7. The molecule has 0 spiro atoms. The molecule has 0 amide bonds. The van der Waals surface area contributed by atoms with Gasteiger partial charge in [0.25, 0.3) is 0 Å². The number of hydrogen-bond acceptors (Lipinski definition) is 15. The van der Waals surface area contributed by atoms with E-state index in [-0.39, 0.29) is 0 Å². The average molecular weight is 1450 g/mol. The molecular formula is C92H115N13OS. The summed E-state index contributed by atoms with van der Waals surface area (Å²) in [6.07, 6.45) is 18.5. The van der Waals surface area contributed by atoms with Crippen molar-refractivity contribution in [3.63, 3.8) is 0 Å². The van der Waals surface area contributed by atoms with Crippen LogP contribution in [0.25, 0.3) is 6.08 Å². The number of aryl methyl sites for hydroxylation is 2. The number of nitrogens with zero attached hydrogens (tertiary/aromatic N) is 12. The van der Waals surface area contributed by atoms with Crippen LogP contribution < -0.4 is 34.6 Å². The van der Waals surface area contributed by atoms with Gasteiger partial charge in [0.2, 0.25) is 0 Å². The number of aromatic nitrogens is 3. The standard InChI is InChI=1S/C10H13N.C10H11N.C10H13N.2C9H12N2.C9H11NO.C9H11NS.2C9H11N.C8H10N2/c2*1-11-8-4-6-9-5-2-3-7-10(9)11;1-8-6-7-9-4-2-3-5-10(9)11-8;1-11-6-4-9-8(7-11)3-2-5-10-9;1-11-6-4-8-3-2-5-10-9(8)7-11;2*1-10-6-7-11-9-5-3-2-4-8(9)10;1-10-6-8-4-2-3-5-9(8)7-10;1-10-7-6-8-4-2-3-5-9(8)10;1-10-5-7-3-2-4-9-8(7)6-10/h2-3,5,7H,4,6,8H2,1H3;2-7H,8H2,1H3;2-5,8,11H,6-7H2,1H3;2*2-3,5H,4,6-7H2,1H3;2*2-5H,6-7H2,1H3;2*2-5H,6-7H2,1H3;2-4H,5-6H2,1H3.